The highest BCUT2D eigenvalue weighted by molar-refractivity contribution is 6.51. The summed E-state index contributed by atoms with van der Waals surface area (Å²) in [5, 5.41) is 21.2. The fourth-order valence-electron chi connectivity index (χ4n) is 4.05. The number of Topliss-reactive ketones (excluding diaryl/α,β-unsaturated/α-hetero) is 1. The maximum atomic E-state index is 13.8. The second kappa shape index (κ2) is 9.42. The van der Waals surface area contributed by atoms with Gasteiger partial charge in [-0.05, 0) is 73.5 Å². The number of nitrogens with zero attached hydrogens (tertiary/aromatic N) is 1. The van der Waals surface area contributed by atoms with Gasteiger partial charge in [0.2, 0.25) is 0 Å². The summed E-state index contributed by atoms with van der Waals surface area (Å²) in [5.74, 6) is -3.56. The van der Waals surface area contributed by atoms with Gasteiger partial charge in [-0.3, -0.25) is 14.5 Å². The van der Waals surface area contributed by atoms with Gasteiger partial charge in [0.15, 0.2) is 0 Å². The summed E-state index contributed by atoms with van der Waals surface area (Å²) < 4.78 is 18.8. The van der Waals surface area contributed by atoms with E-state index >= 15 is 0 Å². The number of hydrogen-bond acceptors (Lipinski definition) is 6. The van der Waals surface area contributed by atoms with Crippen LogP contribution in [0.5, 0.6) is 5.75 Å². The van der Waals surface area contributed by atoms with E-state index in [9.17, 15) is 29.0 Å². The van der Waals surface area contributed by atoms with Gasteiger partial charge < -0.3 is 14.9 Å². The summed E-state index contributed by atoms with van der Waals surface area (Å²) >= 11 is 0. The molecule has 3 aromatic carbocycles. The number of aromatic hydroxyl groups is 1. The summed E-state index contributed by atoms with van der Waals surface area (Å²) in [6, 6.07) is 14.7. The van der Waals surface area contributed by atoms with Crippen molar-refractivity contribution in [2.24, 2.45) is 0 Å². The first-order chi connectivity index (χ1) is 16.7. The minimum absolute atomic E-state index is 0.106. The zero-order chi connectivity index (χ0) is 25.3. The van der Waals surface area contributed by atoms with Gasteiger partial charge in [-0.1, -0.05) is 18.2 Å². The Morgan fingerprint density at radius 3 is 2.46 bits per heavy atom. The first-order valence-electron chi connectivity index (χ1n) is 10.9. The lowest BCUT2D eigenvalue weighted by molar-refractivity contribution is -0.132. The molecule has 178 valence electrons. The number of ether oxygens (including phenoxy) is 1. The number of esters is 1. The largest absolute Gasteiger partial charge is 0.508 e. The van der Waals surface area contributed by atoms with Crippen molar-refractivity contribution in [3.63, 3.8) is 0 Å². The van der Waals surface area contributed by atoms with Crippen molar-refractivity contribution in [2.75, 3.05) is 11.5 Å². The molecule has 0 aliphatic carbocycles. The van der Waals surface area contributed by atoms with Crippen LogP contribution in [0.3, 0.4) is 0 Å². The Balaban J connectivity index is 1.93. The van der Waals surface area contributed by atoms with Gasteiger partial charge >= 0.3 is 5.97 Å². The van der Waals surface area contributed by atoms with Gasteiger partial charge in [0.1, 0.15) is 17.3 Å². The van der Waals surface area contributed by atoms with Crippen LogP contribution in [0.15, 0.2) is 72.3 Å². The molecule has 1 aliphatic heterocycles. The van der Waals surface area contributed by atoms with Crippen LogP contribution in [-0.2, 0) is 14.3 Å². The molecule has 0 bridgehead atoms. The van der Waals surface area contributed by atoms with Gasteiger partial charge in [0, 0.05) is 11.3 Å². The normalized spacial score (nSPS) is 17.0. The number of aliphatic hydroxyl groups excluding tert-OH is 1. The molecule has 0 spiro atoms. The first-order valence-corrected chi connectivity index (χ1v) is 10.9. The lowest BCUT2D eigenvalue weighted by Crippen LogP contribution is -2.29. The Labute approximate surface area is 200 Å². The van der Waals surface area contributed by atoms with E-state index in [1.54, 1.807) is 31.2 Å². The summed E-state index contributed by atoms with van der Waals surface area (Å²) in [7, 11) is 0. The van der Waals surface area contributed by atoms with Crippen LogP contribution in [0.1, 0.15) is 40.0 Å². The molecular weight excluding hydrogens is 453 g/mol. The second-order valence-electron chi connectivity index (χ2n) is 8.00. The third kappa shape index (κ3) is 4.38. The predicted octanol–water partition coefficient (Wildman–Crippen LogP) is 4.64. The lowest BCUT2D eigenvalue weighted by atomic mass is 9.94. The molecule has 1 atom stereocenters. The number of rotatable bonds is 5. The van der Waals surface area contributed by atoms with Crippen LogP contribution in [0.25, 0.3) is 5.76 Å². The van der Waals surface area contributed by atoms with Gasteiger partial charge in [0.25, 0.3) is 11.7 Å². The van der Waals surface area contributed by atoms with Crippen LogP contribution in [0.2, 0.25) is 0 Å². The van der Waals surface area contributed by atoms with Crippen LogP contribution < -0.4 is 4.90 Å². The highest BCUT2D eigenvalue weighted by Crippen LogP contribution is 2.43. The van der Waals surface area contributed by atoms with E-state index < -0.39 is 35.3 Å². The second-order valence-corrected chi connectivity index (χ2v) is 8.00. The Bertz CT molecular complexity index is 1380. The van der Waals surface area contributed by atoms with Gasteiger partial charge in [-0.25, -0.2) is 9.18 Å². The molecule has 0 radical (unpaired) electrons. The van der Waals surface area contributed by atoms with E-state index in [4.69, 9.17) is 4.74 Å². The van der Waals surface area contributed by atoms with Crippen LogP contribution >= 0.6 is 0 Å². The van der Waals surface area contributed by atoms with Crippen molar-refractivity contribution in [2.45, 2.75) is 19.9 Å². The molecular formula is C27H22FNO6. The number of carbonyl (C=O) groups is 3. The number of ketones is 1. The Kier molecular flexibility index (Phi) is 6.38. The number of phenols is 1. The molecule has 1 aliphatic rings. The molecule has 2 N–H and O–H groups in total. The number of anilines is 1. The number of aryl methyl sites for hydroxylation is 1. The molecule has 8 heteroatoms. The molecule has 1 fully saturated rings. The van der Waals surface area contributed by atoms with Crippen molar-refractivity contribution in [1.82, 2.24) is 0 Å². The maximum Gasteiger partial charge on any atom is 0.338 e. The number of phenolic OH excluding ortho intramolecular Hbond substituents is 1. The highest BCUT2D eigenvalue weighted by Gasteiger charge is 2.47. The van der Waals surface area contributed by atoms with E-state index in [1.807, 2.05) is 0 Å². The minimum atomic E-state index is -1.12. The summed E-state index contributed by atoms with van der Waals surface area (Å²) in [5.41, 5.74) is 0.932. The molecule has 0 aromatic heterocycles. The number of benzene rings is 3. The van der Waals surface area contributed by atoms with E-state index in [2.05, 4.69) is 0 Å². The minimum Gasteiger partial charge on any atom is -0.508 e. The summed E-state index contributed by atoms with van der Waals surface area (Å²) in [6.45, 7) is 3.34. The van der Waals surface area contributed by atoms with E-state index in [-0.39, 0.29) is 40.3 Å². The van der Waals surface area contributed by atoms with Crippen molar-refractivity contribution < 1.29 is 33.7 Å². The van der Waals surface area contributed by atoms with Gasteiger partial charge in [-0.15, -0.1) is 0 Å². The third-order valence-electron chi connectivity index (χ3n) is 5.70. The average molecular weight is 475 g/mol. The molecule has 1 heterocycles. The van der Waals surface area contributed by atoms with E-state index in [1.165, 1.54) is 43.3 Å². The average Bonchev–Trinajstić information content (AvgIpc) is 3.11. The van der Waals surface area contributed by atoms with Crippen molar-refractivity contribution >= 4 is 29.1 Å². The molecule has 0 saturated carbocycles. The topological polar surface area (TPSA) is 104 Å². The number of amides is 1. The third-order valence-corrected chi connectivity index (χ3v) is 5.70. The molecule has 1 unspecified atom stereocenters. The van der Waals surface area contributed by atoms with Crippen molar-refractivity contribution in [3.05, 3.63) is 100 Å². The van der Waals surface area contributed by atoms with Crippen molar-refractivity contribution in [3.8, 4) is 5.75 Å². The monoisotopic (exact) mass is 475 g/mol. The number of aliphatic hydroxyl groups is 1. The van der Waals surface area contributed by atoms with Crippen LogP contribution in [-0.4, -0.2) is 34.5 Å². The first kappa shape index (κ1) is 23.7. The number of hydrogen-bond donors (Lipinski definition) is 2. The molecule has 4 rings (SSSR count). The Hall–Kier alpha value is -4.46. The lowest BCUT2D eigenvalue weighted by Gasteiger charge is -2.26. The standard InChI is InChI=1S/C27H22FNO6/c1-3-35-27(34)18-7-4-8-19(13-18)29-23(16-6-5-9-20(30)14-16)22(25(32)26(29)33)24(31)17-10-11-21(28)15(2)12-17/h4-14,23,30-31H,3H2,1-2H3/b24-22+. The van der Waals surface area contributed by atoms with Crippen molar-refractivity contribution in [1.29, 1.82) is 0 Å². The molecule has 1 saturated heterocycles. The molecule has 1 amide bonds. The molecule has 3 aromatic rings. The molecule has 7 nitrogen and oxygen atoms in total. The van der Waals surface area contributed by atoms with Crippen LogP contribution in [0.4, 0.5) is 10.1 Å². The Morgan fingerprint density at radius 2 is 1.77 bits per heavy atom. The van der Waals surface area contributed by atoms with Crippen LogP contribution in [0, 0.1) is 12.7 Å². The van der Waals surface area contributed by atoms with Gasteiger partial charge in [0.05, 0.1) is 23.8 Å². The molecule has 35 heavy (non-hydrogen) atoms. The SMILES string of the molecule is CCOC(=O)c1cccc(N2C(=O)C(=O)/C(=C(/O)c3ccc(F)c(C)c3)C2c2cccc(O)c2)c1. The smallest absolute Gasteiger partial charge is 0.338 e. The van der Waals surface area contributed by atoms with E-state index in [0.717, 1.165) is 11.0 Å². The predicted molar refractivity (Wildman–Crippen MR) is 126 cm³/mol. The maximum absolute atomic E-state index is 13.8. The number of halogens is 1. The van der Waals surface area contributed by atoms with Gasteiger partial charge in [-0.2, -0.15) is 0 Å². The number of carbonyl (C=O) groups excluding carboxylic acids is 3. The summed E-state index contributed by atoms with van der Waals surface area (Å²) in [4.78, 5) is 39.9. The zero-order valence-corrected chi connectivity index (χ0v) is 19.0. The van der Waals surface area contributed by atoms with E-state index in [0.29, 0.717) is 5.56 Å². The quantitative estimate of drug-likeness (QED) is 0.241. The summed E-state index contributed by atoms with van der Waals surface area (Å²) in [6.07, 6.45) is 0. The zero-order valence-electron chi connectivity index (χ0n) is 19.0. The Morgan fingerprint density at radius 1 is 1.03 bits per heavy atom. The fourth-order valence-corrected chi connectivity index (χ4v) is 4.05. The highest BCUT2D eigenvalue weighted by atomic mass is 19.1. The fraction of sp³-hybridized carbons (Fsp3) is 0.148.